The average molecular weight is 427 g/mol. The summed E-state index contributed by atoms with van der Waals surface area (Å²) in [4.78, 5) is 20.3. The zero-order valence-corrected chi connectivity index (χ0v) is 16.7. The van der Waals surface area contributed by atoms with Crippen LogP contribution in [0.25, 0.3) is 0 Å². The summed E-state index contributed by atoms with van der Waals surface area (Å²) in [6, 6.07) is 3.94. The second-order valence-corrected chi connectivity index (χ2v) is 8.46. The number of amidine groups is 1. The van der Waals surface area contributed by atoms with Crippen molar-refractivity contribution in [2.45, 2.75) is 25.8 Å². The van der Waals surface area contributed by atoms with E-state index in [0.29, 0.717) is 17.3 Å². The van der Waals surface area contributed by atoms with Gasteiger partial charge in [0.25, 0.3) is 0 Å². The SMILES string of the molecule is C[C@@]1(c2cncc(NC=O)c2)CCSC(N)=N1.Cc1sccc1Br. The average Bonchev–Trinajstić information content (AvgIpc) is 2.92. The number of nitrogens with two attached hydrogens (primary N) is 1. The van der Waals surface area contributed by atoms with Crippen LogP contribution < -0.4 is 11.1 Å². The first-order valence-electron chi connectivity index (χ1n) is 7.28. The lowest BCUT2D eigenvalue weighted by atomic mass is 9.91. The van der Waals surface area contributed by atoms with Gasteiger partial charge in [0.2, 0.25) is 6.41 Å². The van der Waals surface area contributed by atoms with Crippen molar-refractivity contribution >= 4 is 56.3 Å². The van der Waals surface area contributed by atoms with Crippen LogP contribution >= 0.6 is 39.0 Å². The third-order valence-electron chi connectivity index (χ3n) is 3.58. The van der Waals surface area contributed by atoms with Crippen LogP contribution in [0.4, 0.5) is 5.69 Å². The smallest absolute Gasteiger partial charge is 0.211 e. The number of anilines is 1. The Hall–Kier alpha value is -1.38. The van der Waals surface area contributed by atoms with Crippen LogP contribution in [0.5, 0.6) is 0 Å². The standard InChI is InChI=1S/C11H14N4OS.C5H5BrS/c1-11(2-3-17-10(12)15-11)8-4-9(14-7-16)6-13-5-8;1-4-5(6)2-3-7-4/h4-7H,2-3H2,1H3,(H2,12,15)(H,14,16);2-3H,1H3/t11-;/m0./s1. The number of aryl methyl sites for hydroxylation is 1. The third kappa shape index (κ3) is 5.06. The first kappa shape index (κ1) is 19.0. The summed E-state index contributed by atoms with van der Waals surface area (Å²) in [5.74, 6) is 0.942. The van der Waals surface area contributed by atoms with E-state index in [1.807, 2.05) is 13.0 Å². The van der Waals surface area contributed by atoms with Gasteiger partial charge in [-0.3, -0.25) is 14.8 Å². The monoisotopic (exact) mass is 426 g/mol. The fourth-order valence-corrected chi connectivity index (χ4v) is 4.30. The number of thioether (sulfide) groups is 1. The van der Waals surface area contributed by atoms with Crippen LogP contribution in [0.1, 0.15) is 23.8 Å². The number of aromatic nitrogens is 1. The highest BCUT2D eigenvalue weighted by Crippen LogP contribution is 2.35. The van der Waals surface area contributed by atoms with Crippen LogP contribution in [0, 0.1) is 6.92 Å². The van der Waals surface area contributed by atoms with Crippen LogP contribution in [-0.4, -0.2) is 22.3 Å². The second kappa shape index (κ2) is 8.64. The molecule has 1 atom stereocenters. The Morgan fingerprint density at radius 1 is 1.46 bits per heavy atom. The van der Waals surface area contributed by atoms with E-state index in [1.54, 1.807) is 35.5 Å². The maximum absolute atomic E-state index is 10.4. The fourth-order valence-electron chi connectivity index (χ4n) is 2.15. The topological polar surface area (TPSA) is 80.4 Å². The number of carbonyl (C=O) groups is 1. The molecule has 0 fully saturated rings. The molecular weight excluding hydrogens is 408 g/mol. The van der Waals surface area contributed by atoms with Gasteiger partial charge in [-0.05, 0) is 59.3 Å². The highest BCUT2D eigenvalue weighted by molar-refractivity contribution is 9.10. The van der Waals surface area contributed by atoms with E-state index >= 15 is 0 Å². The van der Waals surface area contributed by atoms with E-state index in [0.717, 1.165) is 17.7 Å². The number of amides is 1. The Balaban J connectivity index is 0.000000249. The van der Waals surface area contributed by atoms with E-state index in [1.165, 1.54) is 9.35 Å². The minimum Gasteiger partial charge on any atom is -0.379 e. The molecule has 1 aliphatic rings. The number of carbonyl (C=O) groups excluding carboxylic acids is 1. The van der Waals surface area contributed by atoms with Gasteiger partial charge in [-0.25, -0.2) is 0 Å². The van der Waals surface area contributed by atoms with Crippen LogP contribution in [0.2, 0.25) is 0 Å². The minimum atomic E-state index is -0.344. The first-order chi connectivity index (χ1) is 11.4. The highest BCUT2D eigenvalue weighted by Gasteiger charge is 2.29. The van der Waals surface area contributed by atoms with E-state index in [9.17, 15) is 4.79 Å². The molecule has 8 heteroatoms. The molecule has 0 radical (unpaired) electrons. The molecule has 0 aliphatic carbocycles. The molecule has 0 saturated carbocycles. The summed E-state index contributed by atoms with van der Waals surface area (Å²) in [7, 11) is 0. The van der Waals surface area contributed by atoms with E-state index in [4.69, 9.17) is 5.73 Å². The van der Waals surface area contributed by atoms with Crippen molar-refractivity contribution in [3.05, 3.63) is 44.8 Å². The number of aliphatic imine (C=N–C) groups is 1. The molecule has 1 aliphatic heterocycles. The van der Waals surface area contributed by atoms with Crippen molar-refractivity contribution in [1.82, 2.24) is 4.98 Å². The number of rotatable bonds is 3. The number of nitrogens with one attached hydrogen (secondary N) is 1. The predicted molar refractivity (Wildman–Crippen MR) is 107 cm³/mol. The summed E-state index contributed by atoms with van der Waals surface area (Å²) in [5.41, 5.74) is 7.06. The molecular formula is C16H19BrN4OS2. The molecule has 0 bridgehead atoms. The molecule has 1 amide bonds. The Bertz CT molecular complexity index is 718. The molecule has 0 spiro atoms. The summed E-state index contributed by atoms with van der Waals surface area (Å²) in [6.07, 6.45) is 4.91. The number of pyridine rings is 1. The van der Waals surface area contributed by atoms with Crippen molar-refractivity contribution in [3.63, 3.8) is 0 Å². The molecule has 5 nitrogen and oxygen atoms in total. The second-order valence-electron chi connectivity index (χ2n) is 5.37. The number of thiophene rings is 1. The van der Waals surface area contributed by atoms with Crippen LogP contribution in [0.15, 0.2) is 39.4 Å². The largest absolute Gasteiger partial charge is 0.379 e. The van der Waals surface area contributed by atoms with Crippen molar-refractivity contribution in [1.29, 1.82) is 0 Å². The van der Waals surface area contributed by atoms with Gasteiger partial charge < -0.3 is 11.1 Å². The molecule has 2 aromatic rings. The zero-order valence-electron chi connectivity index (χ0n) is 13.5. The predicted octanol–water partition coefficient (Wildman–Crippen LogP) is 4.14. The van der Waals surface area contributed by atoms with E-state index in [-0.39, 0.29) is 5.54 Å². The van der Waals surface area contributed by atoms with Gasteiger partial charge in [0.1, 0.15) is 0 Å². The van der Waals surface area contributed by atoms with Gasteiger partial charge in [0.15, 0.2) is 5.17 Å². The number of hydrogen-bond acceptors (Lipinski definition) is 6. The van der Waals surface area contributed by atoms with Crippen LogP contribution in [0.3, 0.4) is 0 Å². The molecule has 0 aromatic carbocycles. The summed E-state index contributed by atoms with van der Waals surface area (Å²) in [5, 5.41) is 5.26. The van der Waals surface area contributed by atoms with E-state index in [2.05, 4.69) is 49.6 Å². The molecule has 3 N–H and O–H groups in total. The van der Waals surface area contributed by atoms with Crippen molar-refractivity contribution in [2.24, 2.45) is 10.7 Å². The Morgan fingerprint density at radius 3 is 2.79 bits per heavy atom. The lowest BCUT2D eigenvalue weighted by Gasteiger charge is -2.29. The molecule has 24 heavy (non-hydrogen) atoms. The van der Waals surface area contributed by atoms with Crippen LogP contribution in [-0.2, 0) is 10.3 Å². The molecule has 0 saturated heterocycles. The van der Waals surface area contributed by atoms with Crippen molar-refractivity contribution in [2.75, 3.05) is 11.1 Å². The lowest BCUT2D eigenvalue weighted by Crippen LogP contribution is -2.28. The number of hydrogen-bond donors (Lipinski definition) is 2. The summed E-state index contributed by atoms with van der Waals surface area (Å²) in [6.45, 7) is 4.12. The molecule has 3 heterocycles. The molecule has 2 aromatic heterocycles. The molecule has 0 unspecified atom stereocenters. The maximum atomic E-state index is 10.4. The first-order valence-corrected chi connectivity index (χ1v) is 9.94. The Kier molecular flexibility index (Phi) is 6.82. The molecule has 128 valence electrons. The third-order valence-corrected chi connectivity index (χ3v) is 6.34. The van der Waals surface area contributed by atoms with E-state index < -0.39 is 0 Å². The molecule has 3 rings (SSSR count). The maximum Gasteiger partial charge on any atom is 0.211 e. The van der Waals surface area contributed by atoms with Gasteiger partial charge in [-0.1, -0.05) is 11.8 Å². The van der Waals surface area contributed by atoms with Gasteiger partial charge in [0, 0.05) is 21.3 Å². The normalized spacial score (nSPS) is 19.7. The Morgan fingerprint density at radius 2 is 2.25 bits per heavy atom. The van der Waals surface area contributed by atoms with Crippen molar-refractivity contribution in [3.8, 4) is 0 Å². The summed E-state index contributed by atoms with van der Waals surface area (Å²) >= 11 is 6.70. The van der Waals surface area contributed by atoms with Gasteiger partial charge in [0.05, 0.1) is 17.4 Å². The van der Waals surface area contributed by atoms with Gasteiger partial charge in [-0.15, -0.1) is 11.3 Å². The zero-order chi connectivity index (χ0) is 17.6. The van der Waals surface area contributed by atoms with Gasteiger partial charge >= 0.3 is 0 Å². The number of halogens is 1. The lowest BCUT2D eigenvalue weighted by molar-refractivity contribution is -0.105. The summed E-state index contributed by atoms with van der Waals surface area (Å²) < 4.78 is 1.22. The van der Waals surface area contributed by atoms with Gasteiger partial charge in [-0.2, -0.15) is 0 Å². The quantitative estimate of drug-likeness (QED) is 0.722. The minimum absolute atomic E-state index is 0.344. The number of nitrogens with zero attached hydrogens (tertiary/aromatic N) is 2. The van der Waals surface area contributed by atoms with Crippen molar-refractivity contribution < 1.29 is 4.79 Å². The fraction of sp³-hybridized carbons (Fsp3) is 0.312. The highest BCUT2D eigenvalue weighted by atomic mass is 79.9. The Labute approximate surface area is 158 Å².